The van der Waals surface area contributed by atoms with Gasteiger partial charge in [0.05, 0.1) is 15.7 Å². The second-order valence-corrected chi connectivity index (χ2v) is 12.1. The van der Waals surface area contributed by atoms with Crippen molar-refractivity contribution in [3.05, 3.63) is 59.2 Å². The second kappa shape index (κ2) is 9.60. The lowest BCUT2D eigenvalue weighted by molar-refractivity contribution is -0.115. The van der Waals surface area contributed by atoms with Crippen molar-refractivity contribution in [3.63, 3.8) is 0 Å². The van der Waals surface area contributed by atoms with Crippen molar-refractivity contribution in [3.8, 4) is 0 Å². The van der Waals surface area contributed by atoms with Crippen molar-refractivity contribution >= 4 is 49.9 Å². The molecule has 0 saturated heterocycles. The van der Waals surface area contributed by atoms with E-state index < -0.39 is 15.3 Å². The maximum absolute atomic E-state index is 13.1. The molecule has 0 aliphatic heterocycles. The van der Waals surface area contributed by atoms with E-state index >= 15 is 0 Å². The molecule has 2 heterocycles. The minimum atomic E-state index is -3.53. The van der Waals surface area contributed by atoms with Gasteiger partial charge in [0.25, 0.3) is 0 Å². The number of amides is 1. The Balaban J connectivity index is 1.62. The predicted octanol–water partition coefficient (Wildman–Crippen LogP) is 4.57. The van der Waals surface area contributed by atoms with Gasteiger partial charge in [-0.1, -0.05) is 30.3 Å². The smallest absolute Gasteiger partial charge is 0.242 e. The molecule has 1 unspecified atom stereocenters. The van der Waals surface area contributed by atoms with Crippen molar-refractivity contribution in [2.24, 2.45) is 0 Å². The van der Waals surface area contributed by atoms with E-state index in [0.717, 1.165) is 32.0 Å². The number of hydrogen-bond donors (Lipinski definition) is 1. The molecule has 35 heavy (non-hydrogen) atoms. The lowest BCUT2D eigenvalue weighted by Crippen LogP contribution is -2.25. The van der Waals surface area contributed by atoms with Gasteiger partial charge in [0.2, 0.25) is 15.9 Å². The van der Waals surface area contributed by atoms with Gasteiger partial charge >= 0.3 is 0 Å². The maximum atomic E-state index is 13.1. The van der Waals surface area contributed by atoms with Crippen LogP contribution < -0.4 is 5.32 Å². The molecule has 1 atom stereocenters. The molecule has 2 aromatic heterocycles. The maximum Gasteiger partial charge on any atom is 0.242 e. The summed E-state index contributed by atoms with van der Waals surface area (Å²) in [6, 6.07) is 12.5. The Kier molecular flexibility index (Phi) is 6.90. The van der Waals surface area contributed by atoms with Gasteiger partial charge < -0.3 is 5.32 Å². The van der Waals surface area contributed by atoms with E-state index in [4.69, 9.17) is 0 Å². The van der Waals surface area contributed by atoms with Crippen LogP contribution in [0.5, 0.6) is 0 Å². The van der Waals surface area contributed by atoms with Gasteiger partial charge in [-0.2, -0.15) is 0 Å². The van der Waals surface area contributed by atoms with Gasteiger partial charge in [0.1, 0.15) is 0 Å². The molecule has 1 amide bonds. The van der Waals surface area contributed by atoms with Crippen LogP contribution in [0.2, 0.25) is 0 Å². The number of aryl methyl sites for hydroxylation is 3. The lowest BCUT2D eigenvalue weighted by Gasteiger charge is -2.16. The zero-order chi connectivity index (χ0) is 25.5. The van der Waals surface area contributed by atoms with E-state index in [-0.39, 0.29) is 10.8 Å². The molecule has 0 aliphatic carbocycles. The minimum Gasteiger partial charge on any atom is -0.325 e. The van der Waals surface area contributed by atoms with Gasteiger partial charge in [0.15, 0.2) is 10.8 Å². The Labute approximate surface area is 209 Å². The van der Waals surface area contributed by atoms with Crippen LogP contribution in [0, 0.1) is 20.8 Å². The Bertz CT molecular complexity index is 1530. The number of fused-ring (bicyclic) bond motifs is 3. The first kappa shape index (κ1) is 25.2. The summed E-state index contributed by atoms with van der Waals surface area (Å²) < 4.78 is 27.7. The van der Waals surface area contributed by atoms with Crippen LogP contribution in [0.4, 0.5) is 5.69 Å². The molecule has 184 valence electrons. The summed E-state index contributed by atoms with van der Waals surface area (Å²) in [6.07, 6.45) is 0.584. The summed E-state index contributed by atoms with van der Waals surface area (Å²) in [5.74, 6) is -0.179. The number of benzene rings is 2. The highest BCUT2D eigenvalue weighted by atomic mass is 32.2. The standard InChI is InChI=1S/C25H29N5O3S2/c1-7-21(24(31)26-18-8-10-19(11-9-18)35(32,33)29(5)6)34-25-28-27-22-14-16(3)20-13-15(2)12-17(4)23(20)30(22)25/h8-14,21H,7H2,1-6H3,(H,26,31). The van der Waals surface area contributed by atoms with Crippen LogP contribution in [0.25, 0.3) is 16.6 Å². The average Bonchev–Trinajstić information content (AvgIpc) is 3.19. The van der Waals surface area contributed by atoms with Crippen molar-refractivity contribution in [2.45, 2.75) is 49.4 Å². The highest BCUT2D eigenvalue weighted by molar-refractivity contribution is 8.00. The van der Waals surface area contributed by atoms with Gasteiger partial charge in [-0.15, -0.1) is 10.2 Å². The number of carbonyl (C=O) groups is 1. The van der Waals surface area contributed by atoms with Crippen molar-refractivity contribution in [1.29, 1.82) is 0 Å². The molecule has 10 heteroatoms. The Morgan fingerprint density at radius 2 is 1.74 bits per heavy atom. The number of rotatable bonds is 7. The first-order chi connectivity index (χ1) is 16.5. The van der Waals surface area contributed by atoms with E-state index in [1.165, 1.54) is 43.6 Å². The molecule has 4 rings (SSSR count). The first-order valence-electron chi connectivity index (χ1n) is 11.3. The molecule has 8 nitrogen and oxygen atoms in total. The van der Waals surface area contributed by atoms with Crippen LogP contribution in [0.1, 0.15) is 30.0 Å². The highest BCUT2D eigenvalue weighted by Gasteiger charge is 2.23. The minimum absolute atomic E-state index is 0.171. The fraction of sp³-hybridized carbons (Fsp3) is 0.320. The Morgan fingerprint density at radius 1 is 1.06 bits per heavy atom. The third-order valence-electron chi connectivity index (χ3n) is 5.91. The van der Waals surface area contributed by atoms with Crippen LogP contribution in [0.3, 0.4) is 0 Å². The molecular weight excluding hydrogens is 482 g/mol. The van der Waals surface area contributed by atoms with Crippen molar-refractivity contribution < 1.29 is 13.2 Å². The molecule has 0 fully saturated rings. The van der Waals surface area contributed by atoms with E-state index in [0.29, 0.717) is 17.3 Å². The molecule has 0 aliphatic rings. The van der Waals surface area contributed by atoms with Crippen LogP contribution >= 0.6 is 11.8 Å². The molecule has 2 aromatic carbocycles. The van der Waals surface area contributed by atoms with E-state index in [2.05, 4.69) is 48.4 Å². The normalized spacial score (nSPS) is 13.0. The zero-order valence-electron chi connectivity index (χ0n) is 20.7. The predicted molar refractivity (Wildman–Crippen MR) is 141 cm³/mol. The van der Waals surface area contributed by atoms with E-state index in [9.17, 15) is 13.2 Å². The number of carbonyl (C=O) groups excluding carboxylic acids is 1. The van der Waals surface area contributed by atoms with Gasteiger partial charge in [-0.3, -0.25) is 9.20 Å². The summed E-state index contributed by atoms with van der Waals surface area (Å²) >= 11 is 1.37. The van der Waals surface area contributed by atoms with Crippen molar-refractivity contribution in [1.82, 2.24) is 18.9 Å². The molecule has 0 spiro atoms. The number of nitrogens with one attached hydrogen (secondary N) is 1. The highest BCUT2D eigenvalue weighted by Crippen LogP contribution is 2.32. The third-order valence-corrected chi connectivity index (χ3v) is 9.04. The fourth-order valence-electron chi connectivity index (χ4n) is 4.08. The molecule has 4 aromatic rings. The molecule has 0 saturated carbocycles. The quantitative estimate of drug-likeness (QED) is 0.365. The molecule has 1 N–H and O–H groups in total. The lowest BCUT2D eigenvalue weighted by atomic mass is 10.0. The first-order valence-corrected chi connectivity index (χ1v) is 13.6. The van der Waals surface area contributed by atoms with Crippen LogP contribution in [-0.2, 0) is 14.8 Å². The zero-order valence-corrected chi connectivity index (χ0v) is 22.3. The average molecular weight is 512 g/mol. The second-order valence-electron chi connectivity index (χ2n) is 8.80. The summed E-state index contributed by atoms with van der Waals surface area (Å²) in [4.78, 5) is 13.3. The summed E-state index contributed by atoms with van der Waals surface area (Å²) in [5, 5.41) is 13.1. The number of thioether (sulfide) groups is 1. The summed E-state index contributed by atoms with van der Waals surface area (Å²) in [6.45, 7) is 8.18. The summed E-state index contributed by atoms with van der Waals surface area (Å²) in [5.41, 5.74) is 5.78. The number of anilines is 1. The van der Waals surface area contributed by atoms with E-state index in [1.807, 2.05) is 17.4 Å². The Hall–Kier alpha value is -2.95. The molecule has 0 radical (unpaired) electrons. The summed E-state index contributed by atoms with van der Waals surface area (Å²) in [7, 11) is -0.564. The van der Waals surface area contributed by atoms with Gasteiger partial charge in [-0.25, -0.2) is 12.7 Å². The van der Waals surface area contributed by atoms with Crippen LogP contribution in [0.15, 0.2) is 52.5 Å². The topological polar surface area (TPSA) is 96.7 Å². The monoisotopic (exact) mass is 511 g/mol. The van der Waals surface area contributed by atoms with Gasteiger partial charge in [-0.05, 0) is 74.7 Å². The number of nitrogens with zero attached hydrogens (tertiary/aromatic N) is 4. The van der Waals surface area contributed by atoms with Gasteiger partial charge in [0, 0.05) is 25.2 Å². The van der Waals surface area contributed by atoms with Crippen molar-refractivity contribution in [2.75, 3.05) is 19.4 Å². The SMILES string of the molecule is CCC(Sc1nnc2cc(C)c3cc(C)cc(C)c3n12)C(=O)Nc1ccc(S(=O)(=O)N(C)C)cc1. The number of pyridine rings is 1. The number of aromatic nitrogens is 3. The largest absolute Gasteiger partial charge is 0.325 e. The fourth-order valence-corrected chi connectivity index (χ4v) is 5.95. The molecular formula is C25H29N5O3S2. The van der Waals surface area contributed by atoms with Crippen LogP contribution in [-0.4, -0.2) is 52.6 Å². The Morgan fingerprint density at radius 3 is 2.37 bits per heavy atom. The molecule has 0 bridgehead atoms. The third kappa shape index (κ3) is 4.78. The van der Waals surface area contributed by atoms with E-state index in [1.54, 1.807) is 12.1 Å². The number of sulfonamides is 1. The number of hydrogen-bond acceptors (Lipinski definition) is 6.